The highest BCUT2D eigenvalue weighted by Gasteiger charge is 2.23. The summed E-state index contributed by atoms with van der Waals surface area (Å²) in [5.41, 5.74) is 1.73. The van der Waals surface area contributed by atoms with E-state index in [4.69, 9.17) is 23.2 Å². The number of alkyl halides is 1. The molecule has 5 heteroatoms. The van der Waals surface area contributed by atoms with Crippen LogP contribution in [0.4, 0.5) is 0 Å². The number of rotatable bonds is 3. The normalized spacial score (nSPS) is 17.9. The van der Waals surface area contributed by atoms with Gasteiger partial charge in [0.2, 0.25) is 0 Å². The van der Waals surface area contributed by atoms with Crippen LogP contribution in [0.1, 0.15) is 37.4 Å². The van der Waals surface area contributed by atoms with Crippen LogP contribution in [-0.2, 0) is 6.54 Å². The number of nitrogens with zero attached hydrogens (tertiary/aromatic N) is 3. The smallest absolute Gasteiger partial charge is 0.160 e. The second-order valence-corrected chi connectivity index (χ2v) is 6.08. The Morgan fingerprint density at radius 2 is 2.28 bits per heavy atom. The van der Waals surface area contributed by atoms with E-state index < -0.39 is 0 Å². The van der Waals surface area contributed by atoms with E-state index >= 15 is 0 Å². The Labute approximate surface area is 116 Å². The summed E-state index contributed by atoms with van der Waals surface area (Å²) in [4.78, 5) is 8.97. The molecule has 3 rings (SSSR count). The van der Waals surface area contributed by atoms with Gasteiger partial charge in [-0.15, -0.1) is 11.6 Å². The van der Waals surface area contributed by atoms with Crippen LogP contribution in [0.15, 0.2) is 12.3 Å². The van der Waals surface area contributed by atoms with Gasteiger partial charge in [-0.1, -0.05) is 18.0 Å². The lowest BCUT2D eigenvalue weighted by Crippen LogP contribution is -2.19. The third-order valence-electron chi connectivity index (χ3n) is 3.60. The molecule has 0 N–H and O–H groups in total. The molecule has 0 spiro atoms. The van der Waals surface area contributed by atoms with Gasteiger partial charge >= 0.3 is 0 Å². The Morgan fingerprint density at radius 3 is 2.89 bits per heavy atom. The Balaban J connectivity index is 2.08. The van der Waals surface area contributed by atoms with Crippen molar-refractivity contribution in [2.75, 3.05) is 0 Å². The van der Waals surface area contributed by atoms with E-state index in [0.717, 1.165) is 29.5 Å². The molecule has 0 saturated heterocycles. The average molecular weight is 284 g/mol. The first-order valence-electron chi connectivity index (χ1n) is 6.31. The average Bonchev–Trinajstić information content (AvgIpc) is 2.61. The van der Waals surface area contributed by atoms with Crippen molar-refractivity contribution in [1.29, 1.82) is 0 Å². The zero-order chi connectivity index (χ0) is 12.7. The largest absolute Gasteiger partial charge is 0.311 e. The second kappa shape index (κ2) is 4.71. The minimum atomic E-state index is -0.113. The van der Waals surface area contributed by atoms with E-state index in [2.05, 4.69) is 14.5 Å². The summed E-state index contributed by atoms with van der Waals surface area (Å²) >= 11 is 12.2. The van der Waals surface area contributed by atoms with Crippen molar-refractivity contribution in [3.05, 3.63) is 23.1 Å². The predicted octanol–water partition coefficient (Wildman–Crippen LogP) is 4.18. The van der Waals surface area contributed by atoms with Crippen molar-refractivity contribution < 1.29 is 0 Å². The van der Waals surface area contributed by atoms with Crippen molar-refractivity contribution in [3.63, 3.8) is 0 Å². The van der Waals surface area contributed by atoms with Crippen LogP contribution in [0, 0.1) is 5.92 Å². The van der Waals surface area contributed by atoms with Crippen LogP contribution in [0.25, 0.3) is 11.2 Å². The number of aromatic nitrogens is 3. The van der Waals surface area contributed by atoms with Crippen LogP contribution >= 0.6 is 23.2 Å². The fraction of sp³-hybridized carbons (Fsp3) is 0.538. The third kappa shape index (κ3) is 2.10. The summed E-state index contributed by atoms with van der Waals surface area (Å²) in [5.74, 6) is 1.64. The monoisotopic (exact) mass is 283 g/mol. The molecule has 1 aliphatic rings. The molecule has 3 nitrogen and oxygen atoms in total. The van der Waals surface area contributed by atoms with Gasteiger partial charge in [0.15, 0.2) is 5.65 Å². The van der Waals surface area contributed by atoms with E-state index in [1.165, 1.54) is 19.3 Å². The van der Waals surface area contributed by atoms with Crippen molar-refractivity contribution in [1.82, 2.24) is 14.5 Å². The van der Waals surface area contributed by atoms with E-state index in [0.29, 0.717) is 5.02 Å². The van der Waals surface area contributed by atoms with Crippen LogP contribution < -0.4 is 0 Å². The number of halogens is 2. The first-order chi connectivity index (χ1) is 8.65. The Hall–Kier alpha value is -0.800. The molecule has 2 aromatic rings. The van der Waals surface area contributed by atoms with E-state index in [1.807, 2.05) is 13.0 Å². The summed E-state index contributed by atoms with van der Waals surface area (Å²) in [7, 11) is 0. The van der Waals surface area contributed by atoms with Gasteiger partial charge in [0, 0.05) is 12.7 Å². The molecule has 2 aromatic heterocycles. The molecular weight excluding hydrogens is 269 g/mol. The molecule has 2 heterocycles. The molecule has 1 aliphatic carbocycles. The molecule has 1 fully saturated rings. The van der Waals surface area contributed by atoms with Crippen molar-refractivity contribution in [2.24, 2.45) is 5.92 Å². The highest BCUT2D eigenvalue weighted by molar-refractivity contribution is 6.31. The summed E-state index contributed by atoms with van der Waals surface area (Å²) in [6.07, 6.45) is 5.60. The molecule has 96 valence electrons. The molecule has 1 atom stereocenters. The Bertz CT molecular complexity index is 573. The second-order valence-electron chi connectivity index (χ2n) is 4.99. The minimum absolute atomic E-state index is 0.113. The lowest BCUT2D eigenvalue weighted by atomic mass is 9.85. The summed E-state index contributed by atoms with van der Waals surface area (Å²) in [6, 6.07) is 1.85. The zero-order valence-corrected chi connectivity index (χ0v) is 11.7. The fourth-order valence-corrected chi connectivity index (χ4v) is 2.74. The predicted molar refractivity (Wildman–Crippen MR) is 74.1 cm³/mol. The number of imidazole rings is 1. The van der Waals surface area contributed by atoms with E-state index in [-0.39, 0.29) is 5.38 Å². The third-order valence-corrected chi connectivity index (χ3v) is 4.00. The summed E-state index contributed by atoms with van der Waals surface area (Å²) < 4.78 is 2.16. The van der Waals surface area contributed by atoms with Crippen molar-refractivity contribution in [3.8, 4) is 0 Å². The van der Waals surface area contributed by atoms with Gasteiger partial charge in [-0.25, -0.2) is 9.97 Å². The minimum Gasteiger partial charge on any atom is -0.311 e. The topological polar surface area (TPSA) is 30.7 Å². The maximum Gasteiger partial charge on any atom is 0.160 e. The van der Waals surface area contributed by atoms with E-state index in [9.17, 15) is 0 Å². The molecular formula is C13H15Cl2N3. The van der Waals surface area contributed by atoms with Gasteiger partial charge < -0.3 is 4.57 Å². The fourth-order valence-electron chi connectivity index (χ4n) is 2.42. The molecule has 18 heavy (non-hydrogen) atoms. The van der Waals surface area contributed by atoms with Gasteiger partial charge in [0.05, 0.1) is 10.4 Å². The number of hydrogen-bond acceptors (Lipinski definition) is 2. The maximum absolute atomic E-state index is 6.22. The molecule has 0 amide bonds. The standard InChI is InChI=1S/C13H15Cl2N3/c1-8(14)12-17-11-5-10(15)6-16-13(11)18(12)7-9-3-2-4-9/h5-6,8-9H,2-4,7H2,1H3. The first-order valence-corrected chi connectivity index (χ1v) is 7.12. The maximum atomic E-state index is 6.22. The lowest BCUT2D eigenvalue weighted by Gasteiger charge is -2.26. The van der Waals surface area contributed by atoms with Gasteiger partial charge in [0.1, 0.15) is 11.3 Å². The van der Waals surface area contributed by atoms with Gasteiger partial charge in [0.25, 0.3) is 0 Å². The molecule has 0 radical (unpaired) electrons. The van der Waals surface area contributed by atoms with Crippen LogP contribution in [0.2, 0.25) is 5.02 Å². The molecule has 1 saturated carbocycles. The molecule has 0 aliphatic heterocycles. The van der Waals surface area contributed by atoms with E-state index in [1.54, 1.807) is 6.20 Å². The Kier molecular flexibility index (Phi) is 3.20. The highest BCUT2D eigenvalue weighted by atomic mass is 35.5. The zero-order valence-electron chi connectivity index (χ0n) is 10.2. The SMILES string of the molecule is CC(Cl)c1nc2cc(Cl)cnc2n1CC1CCC1. The highest BCUT2D eigenvalue weighted by Crippen LogP contribution is 2.32. The van der Waals surface area contributed by atoms with Crippen LogP contribution in [0.3, 0.4) is 0 Å². The van der Waals surface area contributed by atoms with Crippen molar-refractivity contribution >= 4 is 34.4 Å². The number of fused-ring (bicyclic) bond motifs is 1. The summed E-state index contributed by atoms with van der Waals surface area (Å²) in [6.45, 7) is 2.92. The van der Waals surface area contributed by atoms with Gasteiger partial charge in [-0.05, 0) is 31.7 Å². The van der Waals surface area contributed by atoms with Crippen LogP contribution in [-0.4, -0.2) is 14.5 Å². The molecule has 1 unspecified atom stereocenters. The lowest BCUT2D eigenvalue weighted by molar-refractivity contribution is 0.276. The number of pyridine rings is 1. The Morgan fingerprint density at radius 1 is 1.50 bits per heavy atom. The van der Waals surface area contributed by atoms with Gasteiger partial charge in [-0.2, -0.15) is 0 Å². The van der Waals surface area contributed by atoms with Gasteiger partial charge in [-0.3, -0.25) is 0 Å². The van der Waals surface area contributed by atoms with Crippen LogP contribution in [0.5, 0.6) is 0 Å². The number of hydrogen-bond donors (Lipinski definition) is 0. The summed E-state index contributed by atoms with van der Waals surface area (Å²) in [5, 5.41) is 0.502. The van der Waals surface area contributed by atoms with Crippen molar-refractivity contribution in [2.45, 2.75) is 38.1 Å². The first kappa shape index (κ1) is 12.2. The molecule has 0 aromatic carbocycles. The molecule has 0 bridgehead atoms. The quantitative estimate of drug-likeness (QED) is 0.791.